The van der Waals surface area contributed by atoms with Gasteiger partial charge in [-0.3, -0.25) is 4.79 Å². The average Bonchev–Trinajstić information content (AvgIpc) is 3.21. The highest BCUT2D eigenvalue weighted by atomic mass is 35.5. The van der Waals surface area contributed by atoms with Crippen LogP contribution >= 0.6 is 11.6 Å². The number of rotatable bonds is 5. The van der Waals surface area contributed by atoms with Crippen LogP contribution in [0.15, 0.2) is 24.3 Å². The van der Waals surface area contributed by atoms with Crippen LogP contribution in [0.2, 0.25) is 5.02 Å². The first-order chi connectivity index (χ1) is 10.2. The summed E-state index contributed by atoms with van der Waals surface area (Å²) < 4.78 is 0. The fourth-order valence-corrected chi connectivity index (χ4v) is 3.69. The molecule has 0 bridgehead atoms. The van der Waals surface area contributed by atoms with Gasteiger partial charge < -0.3 is 11.1 Å². The smallest absolute Gasteiger partial charge is 0.230 e. The number of hydrogen-bond donors (Lipinski definition) is 2. The first-order valence-electron chi connectivity index (χ1n) is 7.93. The zero-order chi connectivity index (χ0) is 14.9. The van der Waals surface area contributed by atoms with Gasteiger partial charge in [0.15, 0.2) is 0 Å². The Hall–Kier alpha value is -1.06. The maximum absolute atomic E-state index is 13.0. The Morgan fingerprint density at radius 2 is 1.90 bits per heavy atom. The predicted octanol–water partition coefficient (Wildman–Crippen LogP) is 3.01. The lowest BCUT2D eigenvalue weighted by atomic mass is 9.77. The van der Waals surface area contributed by atoms with Crippen molar-refractivity contribution in [1.82, 2.24) is 5.32 Å². The van der Waals surface area contributed by atoms with E-state index in [-0.39, 0.29) is 17.4 Å². The molecule has 3 rings (SSSR count). The van der Waals surface area contributed by atoms with E-state index in [9.17, 15) is 4.79 Å². The van der Waals surface area contributed by atoms with Gasteiger partial charge in [0.25, 0.3) is 0 Å². The topological polar surface area (TPSA) is 55.1 Å². The van der Waals surface area contributed by atoms with Crippen molar-refractivity contribution >= 4 is 17.5 Å². The molecule has 1 amide bonds. The van der Waals surface area contributed by atoms with Crippen molar-refractivity contribution in [2.45, 2.75) is 50.0 Å². The molecule has 0 aromatic heterocycles. The minimum atomic E-state index is -0.382. The highest BCUT2D eigenvalue weighted by Crippen LogP contribution is 2.42. The molecule has 0 saturated heterocycles. The van der Waals surface area contributed by atoms with E-state index in [1.54, 1.807) is 0 Å². The first kappa shape index (κ1) is 14.9. The molecular weight excluding hydrogens is 284 g/mol. The summed E-state index contributed by atoms with van der Waals surface area (Å²) in [6, 6.07) is 7.91. The third-order valence-electron chi connectivity index (χ3n) is 5.05. The molecule has 2 fully saturated rings. The molecule has 1 aromatic rings. The van der Waals surface area contributed by atoms with Gasteiger partial charge in [0.05, 0.1) is 5.41 Å². The molecule has 2 aliphatic rings. The quantitative estimate of drug-likeness (QED) is 0.878. The Kier molecular flexibility index (Phi) is 4.23. The van der Waals surface area contributed by atoms with Crippen molar-refractivity contribution in [2.75, 3.05) is 6.54 Å². The average molecular weight is 307 g/mol. The van der Waals surface area contributed by atoms with Gasteiger partial charge >= 0.3 is 0 Å². The van der Waals surface area contributed by atoms with Crippen LogP contribution in [0, 0.1) is 5.92 Å². The Balaban J connectivity index is 1.82. The molecule has 0 spiro atoms. The highest BCUT2D eigenvalue weighted by molar-refractivity contribution is 6.30. The fourth-order valence-electron chi connectivity index (χ4n) is 3.57. The summed E-state index contributed by atoms with van der Waals surface area (Å²) in [5, 5.41) is 3.94. The Morgan fingerprint density at radius 1 is 1.29 bits per heavy atom. The Morgan fingerprint density at radius 3 is 2.43 bits per heavy atom. The summed E-state index contributed by atoms with van der Waals surface area (Å²) >= 11 is 5.98. The van der Waals surface area contributed by atoms with Crippen LogP contribution in [0.1, 0.15) is 44.1 Å². The third-order valence-corrected chi connectivity index (χ3v) is 5.30. The van der Waals surface area contributed by atoms with Gasteiger partial charge in [0, 0.05) is 17.6 Å². The number of nitrogens with one attached hydrogen (secondary N) is 1. The monoisotopic (exact) mass is 306 g/mol. The van der Waals surface area contributed by atoms with Crippen molar-refractivity contribution in [3.05, 3.63) is 34.9 Å². The molecule has 3 N–H and O–H groups in total. The molecule has 1 aromatic carbocycles. The summed E-state index contributed by atoms with van der Waals surface area (Å²) in [4.78, 5) is 13.0. The molecule has 0 heterocycles. The summed E-state index contributed by atoms with van der Waals surface area (Å²) in [7, 11) is 0. The van der Waals surface area contributed by atoms with Crippen molar-refractivity contribution in [3.63, 3.8) is 0 Å². The highest BCUT2D eigenvalue weighted by Gasteiger charge is 2.44. The summed E-state index contributed by atoms with van der Waals surface area (Å²) in [5.74, 6) is 0.743. The Bertz CT molecular complexity index is 504. The lowest BCUT2D eigenvalue weighted by molar-refractivity contribution is -0.127. The van der Waals surface area contributed by atoms with Gasteiger partial charge in [-0.05, 0) is 49.3 Å². The van der Waals surface area contributed by atoms with E-state index in [2.05, 4.69) is 5.32 Å². The third kappa shape index (κ3) is 2.95. The predicted molar refractivity (Wildman–Crippen MR) is 85.3 cm³/mol. The molecule has 1 unspecified atom stereocenters. The lowest BCUT2D eigenvalue weighted by Gasteiger charge is -2.31. The molecule has 2 aliphatic carbocycles. The van der Waals surface area contributed by atoms with Gasteiger partial charge in [-0.25, -0.2) is 0 Å². The van der Waals surface area contributed by atoms with E-state index in [0.717, 1.165) is 31.2 Å². The van der Waals surface area contributed by atoms with Crippen LogP contribution in [-0.4, -0.2) is 18.5 Å². The van der Waals surface area contributed by atoms with E-state index in [1.165, 1.54) is 12.8 Å². The molecule has 1 atom stereocenters. The largest absolute Gasteiger partial charge is 0.351 e. The lowest BCUT2D eigenvalue weighted by Crippen LogP contribution is -2.50. The van der Waals surface area contributed by atoms with Crippen molar-refractivity contribution < 1.29 is 4.79 Å². The second-order valence-electron chi connectivity index (χ2n) is 6.45. The molecule has 0 aliphatic heterocycles. The number of carbonyl (C=O) groups is 1. The molecule has 114 valence electrons. The minimum absolute atomic E-state index is 0.141. The normalized spacial score (nSPS) is 22.0. The van der Waals surface area contributed by atoms with Crippen LogP contribution in [0.3, 0.4) is 0 Å². The first-order valence-corrected chi connectivity index (χ1v) is 8.30. The zero-order valence-electron chi connectivity index (χ0n) is 12.3. The zero-order valence-corrected chi connectivity index (χ0v) is 13.0. The van der Waals surface area contributed by atoms with Gasteiger partial charge in [0.1, 0.15) is 0 Å². The van der Waals surface area contributed by atoms with E-state index < -0.39 is 0 Å². The number of halogens is 1. The molecule has 21 heavy (non-hydrogen) atoms. The molecule has 2 saturated carbocycles. The van der Waals surface area contributed by atoms with Crippen LogP contribution in [-0.2, 0) is 10.2 Å². The second kappa shape index (κ2) is 5.98. The van der Waals surface area contributed by atoms with Crippen molar-refractivity contribution in [3.8, 4) is 0 Å². The second-order valence-corrected chi connectivity index (χ2v) is 6.89. The van der Waals surface area contributed by atoms with Crippen LogP contribution in [0.4, 0.5) is 0 Å². The number of hydrogen-bond acceptors (Lipinski definition) is 2. The van der Waals surface area contributed by atoms with Crippen molar-refractivity contribution in [1.29, 1.82) is 0 Å². The summed E-state index contributed by atoms with van der Waals surface area (Å²) in [6.07, 6.45) is 6.43. The van der Waals surface area contributed by atoms with Gasteiger partial charge in [-0.2, -0.15) is 0 Å². The number of carbonyl (C=O) groups excluding carboxylic acids is 1. The SMILES string of the molecule is NCC(NC(=O)C1(c2ccc(Cl)cc2)CCCC1)C1CC1. The molecule has 4 heteroatoms. The minimum Gasteiger partial charge on any atom is -0.351 e. The maximum atomic E-state index is 13.0. The van der Waals surface area contributed by atoms with Gasteiger partial charge in [0.2, 0.25) is 5.91 Å². The van der Waals surface area contributed by atoms with Crippen LogP contribution in [0.25, 0.3) is 0 Å². The van der Waals surface area contributed by atoms with E-state index in [0.29, 0.717) is 17.5 Å². The van der Waals surface area contributed by atoms with Gasteiger partial charge in [-0.1, -0.05) is 36.6 Å². The summed E-state index contributed by atoms with van der Waals surface area (Å²) in [6.45, 7) is 0.535. The number of benzene rings is 1. The van der Waals surface area contributed by atoms with Crippen LogP contribution in [0.5, 0.6) is 0 Å². The Labute approximate surface area is 131 Å². The molecule has 3 nitrogen and oxygen atoms in total. The van der Waals surface area contributed by atoms with E-state index in [4.69, 9.17) is 17.3 Å². The maximum Gasteiger partial charge on any atom is 0.230 e. The van der Waals surface area contributed by atoms with Crippen LogP contribution < -0.4 is 11.1 Å². The van der Waals surface area contributed by atoms with E-state index in [1.807, 2.05) is 24.3 Å². The van der Waals surface area contributed by atoms with E-state index >= 15 is 0 Å². The standard InChI is InChI=1S/C17H23ClN2O/c18-14-7-5-13(6-8-14)17(9-1-2-10-17)16(21)20-15(11-19)12-3-4-12/h5-8,12,15H,1-4,9-11,19H2,(H,20,21). The summed E-state index contributed by atoms with van der Waals surface area (Å²) in [5.41, 5.74) is 6.54. The number of nitrogens with two attached hydrogens (primary N) is 1. The number of amides is 1. The fraction of sp³-hybridized carbons (Fsp3) is 0.588. The van der Waals surface area contributed by atoms with Gasteiger partial charge in [-0.15, -0.1) is 0 Å². The molecule has 0 radical (unpaired) electrons. The molecular formula is C17H23ClN2O. The van der Waals surface area contributed by atoms with Crippen molar-refractivity contribution in [2.24, 2.45) is 11.7 Å².